The molecule has 1 heterocycles. The molecule has 122 valence electrons. The normalized spacial score (nSPS) is 10.5. The number of aliphatic carboxylic acids is 1. The lowest BCUT2D eigenvalue weighted by Crippen LogP contribution is -2.13. The quantitative estimate of drug-likeness (QED) is 0.796. The molecule has 0 aliphatic rings. The average molecular weight is 356 g/mol. The summed E-state index contributed by atoms with van der Waals surface area (Å²) < 4.78 is 1.58. The van der Waals surface area contributed by atoms with E-state index in [0.29, 0.717) is 16.6 Å². The number of nitrogens with one attached hydrogen (secondary N) is 1. The van der Waals surface area contributed by atoms with Gasteiger partial charge < -0.3 is 10.4 Å². The number of hydrogen-bond acceptors (Lipinski definition) is 3. The first-order valence-corrected chi connectivity index (χ1v) is 7.69. The monoisotopic (exact) mass is 355 g/mol. The predicted octanol–water partition coefficient (Wildman–Crippen LogP) is 3.43. The molecule has 0 atom stereocenters. The number of carbonyl (C=O) groups is 2. The van der Waals surface area contributed by atoms with Gasteiger partial charge >= 0.3 is 5.97 Å². The summed E-state index contributed by atoms with van der Waals surface area (Å²) in [6.07, 6.45) is 1.90. The first-order valence-electron chi connectivity index (χ1n) is 6.93. The van der Waals surface area contributed by atoms with Crippen LogP contribution in [0.25, 0.3) is 0 Å². The molecule has 0 fully saturated rings. The topological polar surface area (TPSA) is 84.2 Å². The second-order valence-electron chi connectivity index (χ2n) is 4.91. The van der Waals surface area contributed by atoms with E-state index in [9.17, 15) is 9.59 Å². The molecule has 8 heteroatoms. The van der Waals surface area contributed by atoms with Crippen molar-refractivity contribution in [2.24, 2.45) is 0 Å². The molecular formula is C15H15Cl2N3O3. The molecule has 2 N–H and O–H groups in total. The lowest BCUT2D eigenvalue weighted by Gasteiger charge is -2.04. The highest BCUT2D eigenvalue weighted by molar-refractivity contribution is 6.33. The van der Waals surface area contributed by atoms with Gasteiger partial charge in [-0.3, -0.25) is 14.3 Å². The van der Waals surface area contributed by atoms with Crippen molar-refractivity contribution in [2.45, 2.75) is 25.8 Å². The molecule has 2 rings (SSSR count). The molecule has 0 saturated carbocycles. The Hall–Kier alpha value is -2.05. The van der Waals surface area contributed by atoms with Crippen LogP contribution in [0.5, 0.6) is 0 Å². The van der Waals surface area contributed by atoms with Crippen molar-refractivity contribution in [1.29, 1.82) is 0 Å². The molecule has 0 radical (unpaired) electrons. The summed E-state index contributed by atoms with van der Waals surface area (Å²) in [5, 5.41) is 16.3. The van der Waals surface area contributed by atoms with Gasteiger partial charge in [0.15, 0.2) is 5.82 Å². The van der Waals surface area contributed by atoms with E-state index in [1.165, 1.54) is 0 Å². The van der Waals surface area contributed by atoms with Gasteiger partial charge in [0.1, 0.15) is 5.02 Å². The molecular weight excluding hydrogens is 341 g/mol. The largest absolute Gasteiger partial charge is 0.481 e. The second-order valence-corrected chi connectivity index (χ2v) is 5.72. The first-order chi connectivity index (χ1) is 11.0. The van der Waals surface area contributed by atoms with E-state index in [1.807, 2.05) is 18.2 Å². The summed E-state index contributed by atoms with van der Waals surface area (Å²) in [5.74, 6) is -1.00. The second kappa shape index (κ2) is 7.99. The zero-order chi connectivity index (χ0) is 16.8. The standard InChI is InChI=1S/C15H15Cl2N3O3/c16-11-5-2-1-4-10(11)8-20-9-12(17)15(19-20)18-13(21)6-3-7-14(22)23/h1-2,4-5,9H,3,6-8H2,(H,22,23)(H,18,19,21). The Labute approximate surface area is 143 Å². The number of aromatic nitrogens is 2. The highest BCUT2D eigenvalue weighted by Gasteiger charge is 2.12. The Balaban J connectivity index is 1.97. The van der Waals surface area contributed by atoms with E-state index < -0.39 is 5.97 Å². The van der Waals surface area contributed by atoms with Crippen LogP contribution in [0.2, 0.25) is 10.0 Å². The number of hydrogen-bond donors (Lipinski definition) is 2. The highest BCUT2D eigenvalue weighted by Crippen LogP contribution is 2.22. The number of anilines is 1. The van der Waals surface area contributed by atoms with Crippen molar-refractivity contribution in [1.82, 2.24) is 9.78 Å². The zero-order valence-corrected chi connectivity index (χ0v) is 13.6. The van der Waals surface area contributed by atoms with Crippen LogP contribution in [-0.4, -0.2) is 26.8 Å². The van der Waals surface area contributed by atoms with Gasteiger partial charge in [-0.25, -0.2) is 0 Å². The van der Waals surface area contributed by atoms with Crippen LogP contribution in [0.3, 0.4) is 0 Å². The number of rotatable bonds is 7. The third-order valence-corrected chi connectivity index (χ3v) is 3.70. The van der Waals surface area contributed by atoms with Crippen LogP contribution in [0, 0.1) is 0 Å². The molecule has 0 saturated heterocycles. The fourth-order valence-corrected chi connectivity index (χ4v) is 2.35. The van der Waals surface area contributed by atoms with Gasteiger partial charge in [-0.15, -0.1) is 0 Å². The van der Waals surface area contributed by atoms with E-state index >= 15 is 0 Å². The van der Waals surface area contributed by atoms with E-state index in [4.69, 9.17) is 28.3 Å². The minimum Gasteiger partial charge on any atom is -0.481 e. The molecule has 1 aromatic heterocycles. The molecule has 0 aliphatic heterocycles. The molecule has 6 nitrogen and oxygen atoms in total. The molecule has 0 spiro atoms. The van der Waals surface area contributed by atoms with E-state index in [-0.39, 0.29) is 31.0 Å². The van der Waals surface area contributed by atoms with Crippen molar-refractivity contribution in [2.75, 3.05) is 5.32 Å². The summed E-state index contributed by atoms with van der Waals surface area (Å²) in [5.41, 5.74) is 0.882. The zero-order valence-electron chi connectivity index (χ0n) is 12.1. The summed E-state index contributed by atoms with van der Waals surface area (Å²) >= 11 is 12.2. The summed E-state index contributed by atoms with van der Waals surface area (Å²) in [6, 6.07) is 7.37. The van der Waals surface area contributed by atoms with E-state index in [0.717, 1.165) is 5.56 Å². The minimum atomic E-state index is -0.931. The number of nitrogens with zero attached hydrogens (tertiary/aromatic N) is 2. The van der Waals surface area contributed by atoms with Crippen molar-refractivity contribution in [3.8, 4) is 0 Å². The molecule has 1 aromatic carbocycles. The number of carboxylic acids is 1. The number of halogens is 2. The maximum atomic E-state index is 11.7. The Kier molecular flexibility index (Phi) is 6.01. The smallest absolute Gasteiger partial charge is 0.303 e. The Bertz CT molecular complexity index is 716. The first kappa shape index (κ1) is 17.3. The number of carbonyl (C=O) groups excluding carboxylic acids is 1. The van der Waals surface area contributed by atoms with Crippen LogP contribution in [0.15, 0.2) is 30.5 Å². The number of benzene rings is 1. The average Bonchev–Trinajstić information content (AvgIpc) is 2.81. The van der Waals surface area contributed by atoms with Crippen LogP contribution >= 0.6 is 23.2 Å². The number of amides is 1. The van der Waals surface area contributed by atoms with Gasteiger partial charge in [-0.1, -0.05) is 41.4 Å². The van der Waals surface area contributed by atoms with Crippen LogP contribution in [0.4, 0.5) is 5.82 Å². The third-order valence-electron chi connectivity index (χ3n) is 3.06. The molecule has 2 aromatic rings. The lowest BCUT2D eigenvalue weighted by molar-refractivity contribution is -0.137. The Morgan fingerprint density at radius 3 is 2.61 bits per heavy atom. The molecule has 23 heavy (non-hydrogen) atoms. The maximum absolute atomic E-state index is 11.7. The highest BCUT2D eigenvalue weighted by atomic mass is 35.5. The van der Waals surface area contributed by atoms with Crippen LogP contribution in [0.1, 0.15) is 24.8 Å². The van der Waals surface area contributed by atoms with E-state index in [1.54, 1.807) is 16.9 Å². The van der Waals surface area contributed by atoms with E-state index in [2.05, 4.69) is 10.4 Å². The van der Waals surface area contributed by atoms with Crippen molar-refractivity contribution in [3.05, 3.63) is 46.1 Å². The maximum Gasteiger partial charge on any atom is 0.303 e. The molecule has 0 unspecified atom stereocenters. The van der Waals surface area contributed by atoms with Gasteiger partial charge in [0.2, 0.25) is 5.91 Å². The van der Waals surface area contributed by atoms with Gasteiger partial charge in [-0.2, -0.15) is 5.10 Å². The fraction of sp³-hybridized carbons (Fsp3) is 0.267. The summed E-state index contributed by atoms with van der Waals surface area (Å²) in [7, 11) is 0. The van der Waals surface area contributed by atoms with Crippen LogP contribution in [-0.2, 0) is 16.1 Å². The van der Waals surface area contributed by atoms with Gasteiger partial charge in [-0.05, 0) is 18.1 Å². The fourth-order valence-electron chi connectivity index (χ4n) is 1.96. The molecule has 0 aliphatic carbocycles. The summed E-state index contributed by atoms with van der Waals surface area (Å²) in [4.78, 5) is 22.2. The van der Waals surface area contributed by atoms with Crippen molar-refractivity contribution in [3.63, 3.8) is 0 Å². The van der Waals surface area contributed by atoms with Gasteiger partial charge in [0.05, 0.1) is 6.54 Å². The van der Waals surface area contributed by atoms with Crippen molar-refractivity contribution < 1.29 is 14.7 Å². The van der Waals surface area contributed by atoms with Gasteiger partial charge in [0, 0.05) is 24.1 Å². The van der Waals surface area contributed by atoms with Gasteiger partial charge in [0.25, 0.3) is 0 Å². The SMILES string of the molecule is O=C(O)CCCC(=O)Nc1nn(Cc2ccccc2Cl)cc1Cl. The summed E-state index contributed by atoms with van der Waals surface area (Å²) in [6.45, 7) is 0.425. The lowest BCUT2D eigenvalue weighted by atomic mass is 10.2. The molecule has 1 amide bonds. The Morgan fingerprint density at radius 1 is 1.17 bits per heavy atom. The van der Waals surface area contributed by atoms with Crippen LogP contribution < -0.4 is 5.32 Å². The minimum absolute atomic E-state index is 0.0535. The van der Waals surface area contributed by atoms with Crippen molar-refractivity contribution >= 4 is 40.9 Å². The predicted molar refractivity (Wildman–Crippen MR) is 87.9 cm³/mol. The Morgan fingerprint density at radius 2 is 1.91 bits per heavy atom. The number of carboxylic acid groups (broad SMARTS) is 1. The molecule has 0 bridgehead atoms. The third kappa shape index (κ3) is 5.26.